The molecule has 0 amide bonds. The zero-order chi connectivity index (χ0) is 12.5. The molecule has 0 spiro atoms. The molecule has 0 aromatic heterocycles. The van der Waals surface area contributed by atoms with E-state index in [1.807, 2.05) is 0 Å². The van der Waals surface area contributed by atoms with Gasteiger partial charge in [-0.25, -0.2) is 17.5 Å². The van der Waals surface area contributed by atoms with Crippen molar-refractivity contribution in [2.24, 2.45) is 5.41 Å². The van der Waals surface area contributed by atoms with Crippen LogP contribution >= 0.6 is 15.9 Å². The Morgan fingerprint density at radius 3 is 2.65 bits per heavy atom. The topological polar surface area (TPSA) is 46.2 Å². The van der Waals surface area contributed by atoms with Gasteiger partial charge in [0.1, 0.15) is 5.82 Å². The molecule has 3 nitrogen and oxygen atoms in total. The Bertz CT molecular complexity index is 514. The van der Waals surface area contributed by atoms with Crippen molar-refractivity contribution in [2.75, 3.05) is 11.9 Å². The van der Waals surface area contributed by atoms with Crippen LogP contribution in [0.1, 0.15) is 12.8 Å². The Morgan fingerprint density at radius 2 is 2.12 bits per heavy atom. The van der Waals surface area contributed by atoms with Crippen LogP contribution in [-0.2, 0) is 10.0 Å². The lowest BCUT2D eigenvalue weighted by Gasteiger charge is -2.13. The molecular formula is C11H13BrFNO2S. The minimum Gasteiger partial charge on any atom is -0.211 e. The Labute approximate surface area is 109 Å². The van der Waals surface area contributed by atoms with Gasteiger partial charge in [-0.05, 0) is 36.5 Å². The van der Waals surface area contributed by atoms with E-state index in [9.17, 15) is 12.8 Å². The largest absolute Gasteiger partial charge is 0.240 e. The van der Waals surface area contributed by atoms with Crippen LogP contribution < -0.4 is 4.72 Å². The molecular weight excluding hydrogens is 309 g/mol. The SMILES string of the molecule is O=S(=O)(NCC1(CBr)CC1)c1cccc(F)c1. The average molecular weight is 322 g/mol. The zero-order valence-electron chi connectivity index (χ0n) is 9.12. The van der Waals surface area contributed by atoms with Crippen LogP contribution in [0.4, 0.5) is 4.39 Å². The second kappa shape index (κ2) is 4.66. The molecule has 17 heavy (non-hydrogen) atoms. The smallest absolute Gasteiger partial charge is 0.211 e. The van der Waals surface area contributed by atoms with Crippen molar-refractivity contribution in [3.63, 3.8) is 0 Å². The number of alkyl halides is 1. The molecule has 0 atom stereocenters. The van der Waals surface area contributed by atoms with Gasteiger partial charge in [0, 0.05) is 11.9 Å². The van der Waals surface area contributed by atoms with E-state index in [-0.39, 0.29) is 10.3 Å². The summed E-state index contributed by atoms with van der Waals surface area (Å²) >= 11 is 3.37. The fraction of sp³-hybridized carbons (Fsp3) is 0.455. The van der Waals surface area contributed by atoms with Crippen molar-refractivity contribution >= 4 is 26.0 Å². The highest BCUT2D eigenvalue weighted by atomic mass is 79.9. The van der Waals surface area contributed by atoms with Crippen molar-refractivity contribution < 1.29 is 12.8 Å². The maximum absolute atomic E-state index is 13.0. The second-order valence-corrected chi connectivity index (χ2v) is 6.74. The van der Waals surface area contributed by atoms with E-state index >= 15 is 0 Å². The third-order valence-corrected chi connectivity index (χ3v) is 5.57. The summed E-state index contributed by atoms with van der Waals surface area (Å²) < 4.78 is 39.2. The normalized spacial score (nSPS) is 18.0. The van der Waals surface area contributed by atoms with Gasteiger partial charge in [-0.3, -0.25) is 0 Å². The first-order chi connectivity index (χ1) is 7.97. The standard InChI is InChI=1S/C11H13BrFNO2S/c12-7-11(4-5-11)8-14-17(15,16)10-3-1-2-9(13)6-10/h1-3,6,14H,4-5,7-8H2. The first-order valence-corrected chi connectivity index (χ1v) is 7.89. The lowest BCUT2D eigenvalue weighted by atomic mass is 10.1. The van der Waals surface area contributed by atoms with E-state index in [2.05, 4.69) is 20.7 Å². The highest BCUT2D eigenvalue weighted by Gasteiger charge is 2.42. The van der Waals surface area contributed by atoms with Crippen LogP contribution in [0.15, 0.2) is 29.2 Å². The lowest BCUT2D eigenvalue weighted by Crippen LogP contribution is -2.31. The Kier molecular flexibility index (Phi) is 3.56. The summed E-state index contributed by atoms with van der Waals surface area (Å²) in [6.45, 7) is 0.400. The summed E-state index contributed by atoms with van der Waals surface area (Å²) in [5.41, 5.74) is 0.0559. The lowest BCUT2D eigenvalue weighted by molar-refractivity contribution is 0.537. The maximum atomic E-state index is 13.0. The van der Waals surface area contributed by atoms with Crippen LogP contribution in [0.25, 0.3) is 0 Å². The molecule has 6 heteroatoms. The Morgan fingerprint density at radius 1 is 1.41 bits per heavy atom. The number of nitrogens with one attached hydrogen (secondary N) is 1. The Balaban J connectivity index is 2.09. The average Bonchev–Trinajstić information content (AvgIpc) is 3.07. The van der Waals surface area contributed by atoms with Gasteiger partial charge >= 0.3 is 0 Å². The molecule has 0 bridgehead atoms. The molecule has 0 heterocycles. The van der Waals surface area contributed by atoms with Gasteiger partial charge in [-0.1, -0.05) is 22.0 Å². The first-order valence-electron chi connectivity index (χ1n) is 5.29. The summed E-state index contributed by atoms with van der Waals surface area (Å²) in [5.74, 6) is -0.547. The van der Waals surface area contributed by atoms with Crippen molar-refractivity contribution in [1.29, 1.82) is 0 Å². The molecule has 0 aliphatic heterocycles. The van der Waals surface area contributed by atoms with Gasteiger partial charge in [0.15, 0.2) is 0 Å². The zero-order valence-corrected chi connectivity index (χ0v) is 11.5. The minimum absolute atomic E-state index is 0.0251. The van der Waals surface area contributed by atoms with E-state index < -0.39 is 15.8 Å². The number of hydrogen-bond donors (Lipinski definition) is 1. The van der Waals surface area contributed by atoms with Crippen LogP contribution in [0.3, 0.4) is 0 Å². The van der Waals surface area contributed by atoms with E-state index in [1.165, 1.54) is 18.2 Å². The molecule has 0 saturated heterocycles. The van der Waals surface area contributed by atoms with Gasteiger partial charge in [0.2, 0.25) is 10.0 Å². The number of sulfonamides is 1. The first kappa shape index (κ1) is 13.0. The van der Waals surface area contributed by atoms with Gasteiger partial charge in [0.25, 0.3) is 0 Å². The summed E-state index contributed by atoms with van der Waals surface area (Å²) in [5, 5.41) is 0.783. The third-order valence-electron chi connectivity index (χ3n) is 2.98. The summed E-state index contributed by atoms with van der Waals surface area (Å²) in [4.78, 5) is -0.0251. The molecule has 0 unspecified atom stereocenters. The van der Waals surface area contributed by atoms with Crippen LogP contribution in [0.5, 0.6) is 0 Å². The quantitative estimate of drug-likeness (QED) is 0.846. The highest BCUT2D eigenvalue weighted by molar-refractivity contribution is 9.09. The van der Waals surface area contributed by atoms with Crippen molar-refractivity contribution in [3.05, 3.63) is 30.1 Å². The monoisotopic (exact) mass is 321 g/mol. The van der Waals surface area contributed by atoms with Gasteiger partial charge in [-0.15, -0.1) is 0 Å². The summed E-state index contributed by atoms with van der Waals surface area (Å²) in [7, 11) is -3.60. The number of benzene rings is 1. The minimum atomic E-state index is -3.60. The molecule has 1 saturated carbocycles. The third kappa shape index (κ3) is 3.05. The van der Waals surface area contributed by atoms with Crippen LogP contribution in [0, 0.1) is 11.2 Å². The van der Waals surface area contributed by atoms with Crippen molar-refractivity contribution in [3.8, 4) is 0 Å². The second-order valence-electron chi connectivity index (χ2n) is 4.42. The molecule has 1 aromatic rings. The summed E-state index contributed by atoms with van der Waals surface area (Å²) in [6.07, 6.45) is 2.04. The predicted molar refractivity (Wildman–Crippen MR) is 67.0 cm³/mol. The molecule has 1 aromatic carbocycles. The molecule has 1 aliphatic carbocycles. The van der Waals surface area contributed by atoms with E-state index in [4.69, 9.17) is 0 Å². The predicted octanol–water partition coefficient (Wildman–Crippen LogP) is 2.28. The molecule has 1 aliphatic rings. The van der Waals surface area contributed by atoms with Gasteiger partial charge in [-0.2, -0.15) is 0 Å². The van der Waals surface area contributed by atoms with E-state index in [0.29, 0.717) is 6.54 Å². The molecule has 0 radical (unpaired) electrons. The fourth-order valence-electron chi connectivity index (χ4n) is 1.50. The molecule has 2 rings (SSSR count). The molecule has 94 valence electrons. The number of halogens is 2. The number of rotatable bonds is 5. The maximum Gasteiger partial charge on any atom is 0.240 e. The fourth-order valence-corrected chi connectivity index (χ4v) is 3.45. The van der Waals surface area contributed by atoms with Crippen LogP contribution in [-0.4, -0.2) is 20.3 Å². The van der Waals surface area contributed by atoms with Crippen molar-refractivity contribution in [2.45, 2.75) is 17.7 Å². The van der Waals surface area contributed by atoms with Gasteiger partial charge < -0.3 is 0 Å². The Hall–Kier alpha value is -0.460. The number of hydrogen-bond acceptors (Lipinski definition) is 2. The summed E-state index contributed by atoms with van der Waals surface area (Å²) in [6, 6.07) is 5.02. The van der Waals surface area contributed by atoms with Crippen molar-refractivity contribution in [1.82, 2.24) is 4.72 Å². The van der Waals surface area contributed by atoms with E-state index in [0.717, 1.165) is 24.2 Å². The van der Waals surface area contributed by atoms with E-state index in [1.54, 1.807) is 0 Å². The molecule has 1 N–H and O–H groups in total. The molecule has 1 fully saturated rings. The van der Waals surface area contributed by atoms with Crippen LogP contribution in [0.2, 0.25) is 0 Å². The van der Waals surface area contributed by atoms with Gasteiger partial charge in [0.05, 0.1) is 4.90 Å². The highest BCUT2D eigenvalue weighted by Crippen LogP contribution is 2.46.